The summed E-state index contributed by atoms with van der Waals surface area (Å²) < 4.78 is 86.0. The number of carbonyl (C=O) groups is 1. The van der Waals surface area contributed by atoms with Crippen LogP contribution in [0.4, 0.5) is 31.1 Å². The van der Waals surface area contributed by atoms with Gasteiger partial charge >= 0.3 is 18.4 Å². The van der Waals surface area contributed by atoms with E-state index in [1.165, 1.54) is 37.4 Å². The van der Waals surface area contributed by atoms with Crippen LogP contribution >= 0.6 is 0 Å². The highest BCUT2D eigenvalue weighted by Gasteiger charge is 2.42. The van der Waals surface area contributed by atoms with Gasteiger partial charge in [0.1, 0.15) is 5.75 Å². The number of hydrogen-bond acceptors (Lipinski definition) is 4. The third kappa shape index (κ3) is 7.33. The van der Waals surface area contributed by atoms with Gasteiger partial charge in [0.2, 0.25) is 5.88 Å². The quantitative estimate of drug-likeness (QED) is 0.639. The fourth-order valence-corrected chi connectivity index (χ4v) is 2.31. The molecule has 12 heteroatoms. The number of amides is 2. The fourth-order valence-electron chi connectivity index (χ4n) is 2.31. The van der Waals surface area contributed by atoms with Crippen LogP contribution in [0.2, 0.25) is 0 Å². The number of ether oxygens (including phenoxy) is 2. The molecule has 1 aromatic carbocycles. The van der Waals surface area contributed by atoms with Gasteiger partial charge in [-0.3, -0.25) is 0 Å². The molecule has 2 rings (SSSR count). The van der Waals surface area contributed by atoms with Crippen molar-refractivity contribution in [2.24, 2.45) is 0 Å². The first kappa shape index (κ1) is 23.1. The Morgan fingerprint density at radius 2 is 1.77 bits per heavy atom. The Bertz CT molecular complexity index is 840. The van der Waals surface area contributed by atoms with Crippen molar-refractivity contribution >= 4 is 6.03 Å². The van der Waals surface area contributed by atoms with Crippen molar-refractivity contribution in [3.05, 3.63) is 53.7 Å². The van der Waals surface area contributed by atoms with E-state index in [1.807, 2.05) is 5.32 Å². The number of aromatic nitrogens is 1. The van der Waals surface area contributed by atoms with E-state index in [2.05, 4.69) is 15.0 Å². The lowest BCUT2D eigenvalue weighted by Gasteiger charge is -2.22. The van der Waals surface area contributed by atoms with Gasteiger partial charge in [0, 0.05) is 18.8 Å². The molecule has 1 atom stereocenters. The van der Waals surface area contributed by atoms with Crippen LogP contribution in [0.1, 0.15) is 17.2 Å². The molecule has 1 heterocycles. The Balaban J connectivity index is 1.99. The van der Waals surface area contributed by atoms with Gasteiger partial charge in [-0.05, 0) is 29.3 Å². The molecule has 0 aliphatic rings. The molecule has 0 saturated heterocycles. The van der Waals surface area contributed by atoms with Crippen molar-refractivity contribution < 1.29 is 40.6 Å². The molecule has 0 aliphatic carbocycles. The summed E-state index contributed by atoms with van der Waals surface area (Å²) in [5.41, 5.74) is 0.0792. The molecule has 0 fully saturated rings. The number of urea groups is 1. The molecule has 30 heavy (non-hydrogen) atoms. The number of pyridine rings is 1. The van der Waals surface area contributed by atoms with Crippen molar-refractivity contribution in [3.8, 4) is 11.6 Å². The number of rotatable bonds is 7. The number of hydrogen-bond donors (Lipinski definition) is 2. The zero-order valence-corrected chi connectivity index (χ0v) is 15.5. The van der Waals surface area contributed by atoms with E-state index in [9.17, 15) is 31.1 Å². The molecule has 6 nitrogen and oxygen atoms in total. The lowest BCUT2D eigenvalue weighted by Crippen LogP contribution is -2.43. The van der Waals surface area contributed by atoms with E-state index in [0.29, 0.717) is 5.75 Å². The number of halogens is 6. The molecule has 1 unspecified atom stereocenters. The molecule has 164 valence electrons. The van der Waals surface area contributed by atoms with Gasteiger partial charge in [-0.25, -0.2) is 9.78 Å². The van der Waals surface area contributed by atoms with Crippen LogP contribution in [0.5, 0.6) is 11.6 Å². The van der Waals surface area contributed by atoms with Gasteiger partial charge < -0.3 is 20.1 Å². The summed E-state index contributed by atoms with van der Waals surface area (Å²) in [7, 11) is 1.36. The monoisotopic (exact) mass is 437 g/mol. The van der Waals surface area contributed by atoms with E-state index in [1.54, 1.807) is 0 Å². The highest BCUT2D eigenvalue weighted by molar-refractivity contribution is 5.74. The Morgan fingerprint density at radius 1 is 1.10 bits per heavy atom. The highest BCUT2D eigenvalue weighted by atomic mass is 19.4. The highest BCUT2D eigenvalue weighted by Crippen LogP contribution is 2.33. The maximum absolute atomic E-state index is 13.4. The van der Waals surface area contributed by atoms with Gasteiger partial charge in [0.15, 0.2) is 12.6 Å². The summed E-state index contributed by atoms with van der Waals surface area (Å²) in [4.78, 5) is 15.6. The number of nitrogens with zero attached hydrogens (tertiary/aromatic N) is 1. The Kier molecular flexibility index (Phi) is 7.35. The van der Waals surface area contributed by atoms with E-state index in [0.717, 1.165) is 12.3 Å². The molecule has 0 radical (unpaired) electrons. The summed E-state index contributed by atoms with van der Waals surface area (Å²) in [6.07, 6.45) is -8.17. The fraction of sp³-hybridized carbons (Fsp3) is 0.333. The summed E-state index contributed by atoms with van der Waals surface area (Å²) in [6, 6.07) is 4.10. The number of nitrogens with one attached hydrogen (secondary N) is 2. The van der Waals surface area contributed by atoms with Crippen molar-refractivity contribution in [1.29, 1.82) is 0 Å². The molecule has 0 saturated carbocycles. The normalized spacial score (nSPS) is 12.8. The number of carbonyl (C=O) groups excluding carboxylic acids is 1. The maximum Gasteiger partial charge on any atom is 0.422 e. The molecular weight excluding hydrogens is 420 g/mol. The summed E-state index contributed by atoms with van der Waals surface area (Å²) in [5.74, 6) is 0.0174. The average molecular weight is 437 g/mol. The first-order valence-corrected chi connectivity index (χ1v) is 8.37. The first-order chi connectivity index (χ1) is 14.0. The minimum absolute atomic E-state index is 0.204. The van der Waals surface area contributed by atoms with Gasteiger partial charge in [-0.15, -0.1) is 0 Å². The molecular formula is C18H17F6N3O3. The van der Waals surface area contributed by atoms with Crippen LogP contribution in [0, 0.1) is 0 Å². The standard InChI is InChI=1S/C18H17F6N3O3/c1-29-13-4-2-12(3-5-13)15(18(22,23)24)27-16(28)26-9-11-6-7-25-14(8-11)30-10-17(19,20)21/h2-8,15H,9-10H2,1H3,(H2,26,27,28). The summed E-state index contributed by atoms with van der Waals surface area (Å²) in [6.45, 7) is -1.81. The van der Waals surface area contributed by atoms with Crippen LogP contribution < -0.4 is 20.1 Å². The van der Waals surface area contributed by atoms with E-state index in [-0.39, 0.29) is 23.6 Å². The molecule has 2 amide bonds. The van der Waals surface area contributed by atoms with Crippen molar-refractivity contribution in [1.82, 2.24) is 15.6 Å². The van der Waals surface area contributed by atoms with Crippen molar-refractivity contribution in [2.75, 3.05) is 13.7 Å². The molecule has 0 bridgehead atoms. The Labute approximate surface area is 167 Å². The van der Waals surface area contributed by atoms with E-state index >= 15 is 0 Å². The van der Waals surface area contributed by atoms with Gasteiger partial charge in [-0.2, -0.15) is 26.3 Å². The molecule has 2 N–H and O–H groups in total. The zero-order chi connectivity index (χ0) is 22.4. The number of methoxy groups -OCH3 is 1. The third-order valence-electron chi connectivity index (χ3n) is 3.69. The second-order valence-electron chi connectivity index (χ2n) is 5.98. The second-order valence-corrected chi connectivity index (χ2v) is 5.98. The number of alkyl halides is 6. The molecule has 0 aliphatic heterocycles. The first-order valence-electron chi connectivity index (χ1n) is 8.37. The van der Waals surface area contributed by atoms with E-state index < -0.39 is 31.0 Å². The van der Waals surface area contributed by atoms with E-state index in [4.69, 9.17) is 4.74 Å². The summed E-state index contributed by atoms with van der Waals surface area (Å²) >= 11 is 0. The molecule has 0 spiro atoms. The minimum Gasteiger partial charge on any atom is -0.497 e. The molecule has 2 aromatic rings. The van der Waals surface area contributed by atoms with Crippen molar-refractivity contribution in [2.45, 2.75) is 24.9 Å². The van der Waals surface area contributed by atoms with Crippen molar-refractivity contribution in [3.63, 3.8) is 0 Å². The van der Waals surface area contributed by atoms with Crippen LogP contribution in [0.25, 0.3) is 0 Å². The lowest BCUT2D eigenvalue weighted by atomic mass is 10.1. The Morgan fingerprint density at radius 3 is 2.33 bits per heavy atom. The largest absolute Gasteiger partial charge is 0.497 e. The van der Waals surface area contributed by atoms with Crippen LogP contribution in [-0.4, -0.2) is 37.1 Å². The number of benzene rings is 1. The second kappa shape index (κ2) is 9.55. The SMILES string of the molecule is COc1ccc(C(NC(=O)NCc2ccnc(OCC(F)(F)F)c2)C(F)(F)F)cc1. The van der Waals surface area contributed by atoms with Crippen LogP contribution in [0.15, 0.2) is 42.6 Å². The third-order valence-corrected chi connectivity index (χ3v) is 3.69. The van der Waals surface area contributed by atoms with Gasteiger partial charge in [0.05, 0.1) is 7.11 Å². The summed E-state index contributed by atoms with van der Waals surface area (Å²) in [5, 5.41) is 4.04. The van der Waals surface area contributed by atoms with Crippen LogP contribution in [-0.2, 0) is 6.54 Å². The van der Waals surface area contributed by atoms with Gasteiger partial charge in [-0.1, -0.05) is 12.1 Å². The lowest BCUT2D eigenvalue weighted by molar-refractivity contribution is -0.155. The molecule has 1 aromatic heterocycles. The predicted molar refractivity (Wildman–Crippen MR) is 92.9 cm³/mol. The minimum atomic E-state index is -4.76. The zero-order valence-electron chi connectivity index (χ0n) is 15.5. The smallest absolute Gasteiger partial charge is 0.422 e. The van der Waals surface area contributed by atoms with Crippen LogP contribution in [0.3, 0.4) is 0 Å². The average Bonchev–Trinajstić information content (AvgIpc) is 2.68. The Hall–Kier alpha value is -3.18. The topological polar surface area (TPSA) is 72.5 Å². The maximum atomic E-state index is 13.4. The van der Waals surface area contributed by atoms with Gasteiger partial charge in [0.25, 0.3) is 0 Å². The predicted octanol–water partition coefficient (Wildman–Crippen LogP) is 4.13.